The van der Waals surface area contributed by atoms with E-state index in [1.165, 1.54) is 4.57 Å². The second-order valence-corrected chi connectivity index (χ2v) is 5.12. The minimum Gasteiger partial charge on any atom is -0.321 e. The zero-order valence-corrected chi connectivity index (χ0v) is 11.3. The fraction of sp³-hybridized carbons (Fsp3) is 0.571. The van der Waals surface area contributed by atoms with Crippen LogP contribution in [0.3, 0.4) is 0 Å². The van der Waals surface area contributed by atoms with Crippen LogP contribution in [0.2, 0.25) is 0 Å². The van der Waals surface area contributed by atoms with Crippen LogP contribution in [0.25, 0.3) is 0 Å². The molecule has 5 heteroatoms. The second kappa shape index (κ2) is 6.52. The van der Waals surface area contributed by atoms with Gasteiger partial charge in [-0.15, -0.1) is 0 Å². The van der Waals surface area contributed by atoms with Crippen molar-refractivity contribution >= 4 is 11.6 Å². The van der Waals surface area contributed by atoms with E-state index in [1.54, 1.807) is 25.4 Å². The number of carbonyl (C=O) groups is 1. The van der Waals surface area contributed by atoms with Gasteiger partial charge in [-0.2, -0.15) is 0 Å². The van der Waals surface area contributed by atoms with Gasteiger partial charge in [-0.05, 0) is 50.4 Å². The molecule has 2 heterocycles. The molecule has 1 aliphatic heterocycles. The molecule has 0 radical (unpaired) electrons. The fourth-order valence-corrected chi connectivity index (χ4v) is 2.41. The SMILES string of the molecule is Cn1cccc(NC(=O)CCC2CCNCC2)c1=O. The number of rotatable bonds is 4. The molecule has 0 aromatic carbocycles. The van der Waals surface area contributed by atoms with Gasteiger partial charge in [0, 0.05) is 19.7 Å². The minimum atomic E-state index is -0.169. The summed E-state index contributed by atoms with van der Waals surface area (Å²) in [5.74, 6) is 0.562. The summed E-state index contributed by atoms with van der Waals surface area (Å²) in [6, 6.07) is 3.40. The molecule has 0 unspecified atom stereocenters. The van der Waals surface area contributed by atoms with E-state index >= 15 is 0 Å². The molecule has 104 valence electrons. The lowest BCUT2D eigenvalue weighted by molar-refractivity contribution is -0.116. The molecule has 0 bridgehead atoms. The van der Waals surface area contributed by atoms with Crippen LogP contribution in [-0.4, -0.2) is 23.6 Å². The van der Waals surface area contributed by atoms with Gasteiger partial charge in [-0.1, -0.05) is 0 Å². The Morgan fingerprint density at radius 2 is 2.21 bits per heavy atom. The summed E-state index contributed by atoms with van der Waals surface area (Å²) in [6.45, 7) is 2.09. The highest BCUT2D eigenvalue weighted by Crippen LogP contribution is 2.17. The van der Waals surface area contributed by atoms with Crippen molar-refractivity contribution in [2.75, 3.05) is 18.4 Å². The van der Waals surface area contributed by atoms with E-state index in [0.29, 0.717) is 18.0 Å². The number of pyridine rings is 1. The van der Waals surface area contributed by atoms with Gasteiger partial charge in [0.15, 0.2) is 0 Å². The van der Waals surface area contributed by atoms with Crippen LogP contribution in [0, 0.1) is 5.92 Å². The Bertz CT molecular complexity index is 490. The Balaban J connectivity index is 1.83. The van der Waals surface area contributed by atoms with Crippen LogP contribution in [0.1, 0.15) is 25.7 Å². The zero-order chi connectivity index (χ0) is 13.7. The van der Waals surface area contributed by atoms with Gasteiger partial charge >= 0.3 is 0 Å². The number of anilines is 1. The number of aromatic nitrogens is 1. The number of hydrogen-bond donors (Lipinski definition) is 2. The molecule has 0 aliphatic carbocycles. The second-order valence-electron chi connectivity index (χ2n) is 5.12. The molecule has 1 amide bonds. The first kappa shape index (κ1) is 13.8. The molecule has 2 rings (SSSR count). The largest absolute Gasteiger partial charge is 0.321 e. The molecule has 0 atom stereocenters. The van der Waals surface area contributed by atoms with Crippen LogP contribution >= 0.6 is 0 Å². The van der Waals surface area contributed by atoms with Gasteiger partial charge in [0.25, 0.3) is 5.56 Å². The number of piperidine rings is 1. The summed E-state index contributed by atoms with van der Waals surface area (Å²) in [5, 5.41) is 6.01. The third kappa shape index (κ3) is 3.92. The number of carbonyl (C=O) groups excluding carboxylic acids is 1. The summed E-state index contributed by atoms with van der Waals surface area (Å²) in [7, 11) is 1.67. The molecule has 1 aromatic rings. The number of aryl methyl sites for hydroxylation is 1. The zero-order valence-electron chi connectivity index (χ0n) is 11.3. The smallest absolute Gasteiger partial charge is 0.274 e. The van der Waals surface area contributed by atoms with Crippen molar-refractivity contribution in [2.24, 2.45) is 13.0 Å². The fourth-order valence-electron chi connectivity index (χ4n) is 2.41. The Labute approximate surface area is 113 Å². The summed E-state index contributed by atoms with van der Waals surface area (Å²) in [5.41, 5.74) is 0.193. The lowest BCUT2D eigenvalue weighted by atomic mass is 9.93. The van der Waals surface area contributed by atoms with Crippen molar-refractivity contribution in [1.82, 2.24) is 9.88 Å². The molecule has 2 N–H and O–H groups in total. The van der Waals surface area contributed by atoms with E-state index < -0.39 is 0 Å². The van der Waals surface area contributed by atoms with Crippen molar-refractivity contribution in [2.45, 2.75) is 25.7 Å². The molecule has 0 saturated carbocycles. The first-order valence-electron chi connectivity index (χ1n) is 6.83. The number of amides is 1. The maximum Gasteiger partial charge on any atom is 0.274 e. The van der Waals surface area contributed by atoms with Crippen molar-refractivity contribution in [3.05, 3.63) is 28.7 Å². The van der Waals surface area contributed by atoms with Crippen LogP contribution in [-0.2, 0) is 11.8 Å². The minimum absolute atomic E-state index is 0.0677. The van der Waals surface area contributed by atoms with Crippen LogP contribution in [0.5, 0.6) is 0 Å². The van der Waals surface area contributed by atoms with Gasteiger partial charge in [-0.25, -0.2) is 0 Å². The van der Waals surface area contributed by atoms with Crippen molar-refractivity contribution in [3.8, 4) is 0 Å². The topological polar surface area (TPSA) is 63.1 Å². The van der Waals surface area contributed by atoms with E-state index in [2.05, 4.69) is 10.6 Å². The third-order valence-corrected chi connectivity index (χ3v) is 3.64. The average molecular weight is 263 g/mol. The monoisotopic (exact) mass is 263 g/mol. The lowest BCUT2D eigenvalue weighted by Gasteiger charge is -2.22. The molecular weight excluding hydrogens is 242 g/mol. The highest BCUT2D eigenvalue weighted by molar-refractivity contribution is 5.90. The molecule has 19 heavy (non-hydrogen) atoms. The van der Waals surface area contributed by atoms with Crippen LogP contribution in [0.15, 0.2) is 23.1 Å². The van der Waals surface area contributed by atoms with E-state index in [4.69, 9.17) is 0 Å². The van der Waals surface area contributed by atoms with E-state index in [0.717, 1.165) is 32.4 Å². The molecule has 5 nitrogen and oxygen atoms in total. The first-order chi connectivity index (χ1) is 9.16. The van der Waals surface area contributed by atoms with Crippen molar-refractivity contribution in [1.29, 1.82) is 0 Å². The van der Waals surface area contributed by atoms with Crippen LogP contribution in [0.4, 0.5) is 5.69 Å². The Kier molecular flexibility index (Phi) is 4.74. The normalized spacial score (nSPS) is 16.3. The lowest BCUT2D eigenvalue weighted by Crippen LogP contribution is -2.28. The predicted molar refractivity (Wildman–Crippen MR) is 75.1 cm³/mol. The van der Waals surface area contributed by atoms with Gasteiger partial charge in [-0.3, -0.25) is 9.59 Å². The third-order valence-electron chi connectivity index (χ3n) is 3.64. The average Bonchev–Trinajstić information content (AvgIpc) is 2.43. The maximum atomic E-state index is 11.8. The molecule has 0 spiro atoms. The molecule has 1 fully saturated rings. The van der Waals surface area contributed by atoms with Gasteiger partial charge in [0.2, 0.25) is 5.91 Å². The standard InChI is InChI=1S/C14H21N3O2/c1-17-10-2-3-12(14(17)19)16-13(18)5-4-11-6-8-15-9-7-11/h2-3,10-11,15H,4-9H2,1H3,(H,16,18). The Hall–Kier alpha value is -1.62. The summed E-state index contributed by atoms with van der Waals surface area (Å²) < 4.78 is 1.46. The Morgan fingerprint density at radius 3 is 2.95 bits per heavy atom. The van der Waals surface area contributed by atoms with Gasteiger partial charge < -0.3 is 15.2 Å². The Morgan fingerprint density at radius 1 is 1.47 bits per heavy atom. The molecule has 1 aliphatic rings. The first-order valence-corrected chi connectivity index (χ1v) is 6.83. The number of hydrogen-bond acceptors (Lipinski definition) is 3. The van der Waals surface area contributed by atoms with E-state index in [-0.39, 0.29) is 11.5 Å². The summed E-state index contributed by atoms with van der Waals surface area (Å²) >= 11 is 0. The van der Waals surface area contributed by atoms with Crippen LogP contribution < -0.4 is 16.2 Å². The van der Waals surface area contributed by atoms with Crippen molar-refractivity contribution < 1.29 is 4.79 Å². The molecule has 1 aromatic heterocycles. The maximum absolute atomic E-state index is 11.8. The summed E-state index contributed by atoms with van der Waals surface area (Å²) in [4.78, 5) is 23.6. The highest BCUT2D eigenvalue weighted by Gasteiger charge is 2.15. The van der Waals surface area contributed by atoms with Crippen molar-refractivity contribution in [3.63, 3.8) is 0 Å². The quantitative estimate of drug-likeness (QED) is 0.855. The molecular formula is C14H21N3O2. The number of nitrogens with zero attached hydrogens (tertiary/aromatic N) is 1. The number of nitrogens with one attached hydrogen (secondary N) is 2. The van der Waals surface area contributed by atoms with E-state index in [1.807, 2.05) is 0 Å². The highest BCUT2D eigenvalue weighted by atomic mass is 16.2. The predicted octanol–water partition coefficient (Wildman–Crippen LogP) is 1.10. The van der Waals surface area contributed by atoms with Gasteiger partial charge in [0.1, 0.15) is 5.69 Å². The summed E-state index contributed by atoms with van der Waals surface area (Å²) in [6.07, 6.45) is 5.34. The molecule has 1 saturated heterocycles. The van der Waals surface area contributed by atoms with Gasteiger partial charge in [0.05, 0.1) is 0 Å². The van der Waals surface area contributed by atoms with E-state index in [9.17, 15) is 9.59 Å².